The average molecular weight is 390 g/mol. The topological polar surface area (TPSA) is 66.2 Å². The number of hydrogen-bond donors (Lipinski definition) is 0. The van der Waals surface area contributed by atoms with Crippen LogP contribution in [0.5, 0.6) is 5.75 Å². The second-order valence-electron chi connectivity index (χ2n) is 4.60. The predicted molar refractivity (Wildman–Crippen MR) is 93.8 cm³/mol. The van der Waals surface area contributed by atoms with Gasteiger partial charge in [0.25, 0.3) is 0 Å². The van der Waals surface area contributed by atoms with Crippen molar-refractivity contribution in [2.45, 2.75) is 32.2 Å². The lowest BCUT2D eigenvalue weighted by molar-refractivity contribution is -0.139. The molecule has 0 N–H and O–H groups in total. The summed E-state index contributed by atoms with van der Waals surface area (Å²) < 4.78 is 12.5. The monoisotopic (exact) mass is 389 g/mol. The lowest BCUT2D eigenvalue weighted by atomic mass is 10.3. The number of thioether (sulfide) groups is 1. The van der Waals surface area contributed by atoms with E-state index in [0.717, 1.165) is 0 Å². The minimum Gasteiger partial charge on any atom is -0.484 e. The molecule has 0 saturated carbocycles. The largest absolute Gasteiger partial charge is 0.484 e. The third-order valence-electron chi connectivity index (χ3n) is 2.98. The fourth-order valence-electron chi connectivity index (χ4n) is 1.91. The Morgan fingerprint density at radius 2 is 2.08 bits per heavy atom. The van der Waals surface area contributed by atoms with Crippen LogP contribution in [0.4, 0.5) is 0 Å². The zero-order valence-electron chi connectivity index (χ0n) is 13.3. The van der Waals surface area contributed by atoms with Gasteiger partial charge >= 0.3 is 5.97 Å². The summed E-state index contributed by atoms with van der Waals surface area (Å²) in [6.07, 6.45) is 0. The quantitative estimate of drug-likeness (QED) is 0.504. The van der Waals surface area contributed by atoms with Gasteiger partial charge in [-0.05, 0) is 32.0 Å². The molecule has 6 nitrogen and oxygen atoms in total. The van der Waals surface area contributed by atoms with Crippen LogP contribution in [-0.4, -0.2) is 33.1 Å². The Morgan fingerprint density at radius 3 is 2.75 bits per heavy atom. The van der Waals surface area contributed by atoms with Gasteiger partial charge in [-0.3, -0.25) is 4.79 Å². The van der Waals surface area contributed by atoms with Crippen LogP contribution >= 0.6 is 35.0 Å². The third-order valence-corrected chi connectivity index (χ3v) is 4.46. The fraction of sp³-hybridized carbons (Fsp3) is 0.400. The predicted octanol–water partition coefficient (Wildman–Crippen LogP) is 3.84. The van der Waals surface area contributed by atoms with Crippen molar-refractivity contribution in [3.05, 3.63) is 34.1 Å². The fourth-order valence-corrected chi connectivity index (χ4v) is 3.19. The van der Waals surface area contributed by atoms with E-state index >= 15 is 0 Å². The molecule has 0 unspecified atom stereocenters. The van der Waals surface area contributed by atoms with E-state index in [1.807, 2.05) is 11.5 Å². The van der Waals surface area contributed by atoms with Crippen molar-refractivity contribution in [1.29, 1.82) is 0 Å². The molecular weight excluding hydrogens is 373 g/mol. The first-order valence-electron chi connectivity index (χ1n) is 7.33. The number of esters is 1. The molecule has 9 heteroatoms. The Balaban J connectivity index is 2.01. The van der Waals surface area contributed by atoms with Crippen molar-refractivity contribution in [3.63, 3.8) is 0 Å². The Labute approximate surface area is 154 Å². The number of carbonyl (C=O) groups is 1. The van der Waals surface area contributed by atoms with Crippen molar-refractivity contribution < 1.29 is 14.3 Å². The van der Waals surface area contributed by atoms with Crippen LogP contribution in [-0.2, 0) is 22.7 Å². The standard InChI is InChI=1S/C15H17Cl2N3O3S/c1-3-20-13(8-23-12-6-5-10(16)7-11(12)17)18-19-15(20)24-9-14(21)22-4-2/h5-7H,3-4,8-9H2,1-2H3. The van der Waals surface area contributed by atoms with Crippen LogP contribution in [0.25, 0.3) is 0 Å². The number of carbonyl (C=O) groups excluding carboxylic acids is 1. The van der Waals surface area contributed by atoms with Gasteiger partial charge in [-0.2, -0.15) is 0 Å². The maximum atomic E-state index is 11.4. The molecule has 1 aromatic carbocycles. The molecule has 130 valence electrons. The van der Waals surface area contributed by atoms with Crippen LogP contribution in [0.1, 0.15) is 19.7 Å². The number of benzene rings is 1. The van der Waals surface area contributed by atoms with Crippen molar-refractivity contribution in [3.8, 4) is 5.75 Å². The van der Waals surface area contributed by atoms with E-state index in [1.54, 1.807) is 25.1 Å². The lowest BCUT2D eigenvalue weighted by Gasteiger charge is -2.10. The first-order valence-corrected chi connectivity index (χ1v) is 9.07. The summed E-state index contributed by atoms with van der Waals surface area (Å²) in [4.78, 5) is 11.4. The molecule has 0 fully saturated rings. The van der Waals surface area contributed by atoms with Gasteiger partial charge in [0.15, 0.2) is 11.0 Å². The molecule has 0 saturated heterocycles. The molecule has 0 amide bonds. The zero-order valence-corrected chi connectivity index (χ0v) is 15.6. The van der Waals surface area contributed by atoms with Crippen molar-refractivity contribution in [1.82, 2.24) is 14.8 Å². The van der Waals surface area contributed by atoms with Gasteiger partial charge in [0.05, 0.1) is 17.4 Å². The summed E-state index contributed by atoms with van der Waals surface area (Å²) in [5.74, 6) is 1.08. The van der Waals surface area contributed by atoms with E-state index in [9.17, 15) is 4.79 Å². The molecule has 0 aliphatic heterocycles. The lowest BCUT2D eigenvalue weighted by Crippen LogP contribution is -2.10. The van der Waals surface area contributed by atoms with E-state index in [2.05, 4.69) is 10.2 Å². The van der Waals surface area contributed by atoms with Gasteiger partial charge in [0.1, 0.15) is 12.4 Å². The van der Waals surface area contributed by atoms with E-state index in [1.165, 1.54) is 11.8 Å². The number of halogens is 2. The second-order valence-corrected chi connectivity index (χ2v) is 6.39. The molecular formula is C15H17Cl2N3O3S. The summed E-state index contributed by atoms with van der Waals surface area (Å²) in [6.45, 7) is 4.97. The zero-order chi connectivity index (χ0) is 17.5. The maximum absolute atomic E-state index is 11.4. The molecule has 0 atom stereocenters. The van der Waals surface area contributed by atoms with E-state index in [0.29, 0.717) is 39.9 Å². The van der Waals surface area contributed by atoms with Crippen molar-refractivity contribution in [2.24, 2.45) is 0 Å². The molecule has 0 spiro atoms. The smallest absolute Gasteiger partial charge is 0.316 e. The normalized spacial score (nSPS) is 10.7. The Kier molecular flexibility index (Phi) is 7.20. The Morgan fingerprint density at radius 1 is 1.29 bits per heavy atom. The summed E-state index contributed by atoms with van der Waals surface area (Å²) in [7, 11) is 0. The second kappa shape index (κ2) is 9.15. The highest BCUT2D eigenvalue weighted by Gasteiger charge is 2.14. The molecule has 1 aromatic heterocycles. The molecule has 0 aliphatic rings. The first kappa shape index (κ1) is 18.9. The molecule has 2 aromatic rings. The number of ether oxygens (including phenoxy) is 2. The van der Waals surface area contributed by atoms with Crippen LogP contribution in [0.15, 0.2) is 23.4 Å². The van der Waals surface area contributed by atoms with Gasteiger partial charge in [-0.15, -0.1) is 10.2 Å². The first-order chi connectivity index (χ1) is 11.5. The molecule has 24 heavy (non-hydrogen) atoms. The van der Waals surface area contributed by atoms with Gasteiger partial charge in [0.2, 0.25) is 0 Å². The van der Waals surface area contributed by atoms with Gasteiger partial charge in [0, 0.05) is 11.6 Å². The SMILES string of the molecule is CCOC(=O)CSc1nnc(COc2ccc(Cl)cc2Cl)n1CC. The van der Waals surface area contributed by atoms with Crippen molar-refractivity contribution in [2.75, 3.05) is 12.4 Å². The number of hydrogen-bond acceptors (Lipinski definition) is 6. The molecule has 0 bridgehead atoms. The van der Waals surface area contributed by atoms with E-state index in [-0.39, 0.29) is 18.3 Å². The Bertz CT molecular complexity index is 709. The number of nitrogens with zero attached hydrogens (tertiary/aromatic N) is 3. The van der Waals surface area contributed by atoms with E-state index in [4.69, 9.17) is 32.7 Å². The summed E-state index contributed by atoms with van der Waals surface area (Å²) in [6, 6.07) is 5.02. The molecule has 0 radical (unpaired) electrons. The van der Waals surface area contributed by atoms with Crippen LogP contribution in [0.2, 0.25) is 10.0 Å². The minimum absolute atomic E-state index is 0.190. The highest BCUT2D eigenvalue weighted by Crippen LogP contribution is 2.28. The Hall–Kier alpha value is -1.44. The van der Waals surface area contributed by atoms with Gasteiger partial charge in [-0.1, -0.05) is 35.0 Å². The maximum Gasteiger partial charge on any atom is 0.316 e. The number of aromatic nitrogens is 3. The number of rotatable bonds is 8. The molecule has 0 aliphatic carbocycles. The average Bonchev–Trinajstić information content (AvgIpc) is 2.94. The van der Waals surface area contributed by atoms with Crippen LogP contribution < -0.4 is 4.74 Å². The van der Waals surface area contributed by atoms with Gasteiger partial charge in [-0.25, -0.2) is 0 Å². The van der Waals surface area contributed by atoms with Crippen LogP contribution in [0.3, 0.4) is 0 Å². The summed E-state index contributed by atoms with van der Waals surface area (Å²) in [5.41, 5.74) is 0. The minimum atomic E-state index is -0.279. The van der Waals surface area contributed by atoms with Crippen molar-refractivity contribution >= 4 is 40.9 Å². The third kappa shape index (κ3) is 5.03. The highest BCUT2D eigenvalue weighted by atomic mass is 35.5. The summed E-state index contributed by atoms with van der Waals surface area (Å²) >= 11 is 13.2. The molecule has 1 heterocycles. The highest BCUT2D eigenvalue weighted by molar-refractivity contribution is 7.99. The summed E-state index contributed by atoms with van der Waals surface area (Å²) in [5, 5.41) is 9.84. The molecule has 2 rings (SSSR count). The van der Waals surface area contributed by atoms with Gasteiger partial charge < -0.3 is 14.0 Å². The van der Waals surface area contributed by atoms with E-state index < -0.39 is 0 Å². The van der Waals surface area contributed by atoms with Crippen LogP contribution in [0, 0.1) is 0 Å².